The summed E-state index contributed by atoms with van der Waals surface area (Å²) < 4.78 is 45.3. The number of pyridine rings is 1. The smallest absolute Gasteiger partial charge is 0.387 e. The van der Waals surface area contributed by atoms with Crippen molar-refractivity contribution in [3.8, 4) is 28.3 Å². The lowest BCUT2D eigenvalue weighted by Gasteiger charge is -2.16. The molecule has 0 saturated heterocycles. The Bertz CT molecular complexity index is 1570. The van der Waals surface area contributed by atoms with Crippen LogP contribution in [0.3, 0.4) is 0 Å². The lowest BCUT2D eigenvalue weighted by molar-refractivity contribution is -0.0504. The zero-order valence-corrected chi connectivity index (χ0v) is 20.1. The predicted octanol–water partition coefficient (Wildman–Crippen LogP) is 4.41. The molecule has 11 heteroatoms. The number of carbonyl (C=O) groups is 1. The molecule has 0 fully saturated rings. The summed E-state index contributed by atoms with van der Waals surface area (Å²) in [5, 5.41) is 2.61. The molecule has 2 aromatic heterocycles. The van der Waals surface area contributed by atoms with Crippen LogP contribution in [-0.4, -0.2) is 27.1 Å². The van der Waals surface area contributed by atoms with E-state index in [1.165, 1.54) is 65.4 Å². The van der Waals surface area contributed by atoms with Crippen molar-refractivity contribution in [2.24, 2.45) is 7.05 Å². The quantitative estimate of drug-likeness (QED) is 0.355. The number of halogens is 3. The number of benzene rings is 2. The van der Waals surface area contributed by atoms with E-state index in [9.17, 15) is 22.8 Å². The summed E-state index contributed by atoms with van der Waals surface area (Å²) in [6.45, 7) is 0.412. The molecule has 0 atom stereocenters. The molecule has 0 spiro atoms. The Morgan fingerprint density at radius 1 is 1.11 bits per heavy atom. The van der Waals surface area contributed by atoms with Gasteiger partial charge in [0.05, 0.1) is 11.4 Å². The van der Waals surface area contributed by atoms with Crippen molar-refractivity contribution in [3.63, 3.8) is 0 Å². The topological polar surface area (TPSA) is 112 Å². The average Bonchev–Trinajstić information content (AvgIpc) is 2.89. The summed E-state index contributed by atoms with van der Waals surface area (Å²) in [6, 6.07) is 12.8. The first-order valence-electron chi connectivity index (χ1n) is 11.3. The number of alkyl halides is 2. The second kappa shape index (κ2) is 11.0. The van der Waals surface area contributed by atoms with Gasteiger partial charge in [-0.05, 0) is 42.0 Å². The zero-order chi connectivity index (χ0) is 27.4. The van der Waals surface area contributed by atoms with Gasteiger partial charge in [0.2, 0.25) is 5.56 Å². The number of rotatable bonds is 8. The van der Waals surface area contributed by atoms with Crippen LogP contribution in [0.1, 0.15) is 21.6 Å². The number of aryl methyl sites for hydroxylation is 1. The summed E-state index contributed by atoms with van der Waals surface area (Å²) in [5.74, 6) is -1.51. The van der Waals surface area contributed by atoms with Gasteiger partial charge in [-0.3, -0.25) is 9.59 Å². The molecule has 2 aromatic carbocycles. The molecule has 194 valence electrons. The van der Waals surface area contributed by atoms with Crippen LogP contribution < -0.4 is 21.3 Å². The molecule has 0 radical (unpaired) electrons. The normalized spacial score (nSPS) is 10.9. The Labute approximate surface area is 215 Å². The number of nitrogen functional groups attached to an aromatic ring is 1. The molecule has 0 unspecified atom stereocenters. The van der Waals surface area contributed by atoms with Crippen LogP contribution in [0.2, 0.25) is 0 Å². The molecular formula is C27H22F3N5O3. The average molecular weight is 521 g/mol. The Balaban J connectivity index is 1.75. The highest BCUT2D eigenvalue weighted by atomic mass is 19.3. The number of nitrogens with one attached hydrogen (secondary N) is 1. The lowest BCUT2D eigenvalue weighted by Crippen LogP contribution is -2.26. The fourth-order valence-electron chi connectivity index (χ4n) is 3.78. The van der Waals surface area contributed by atoms with Gasteiger partial charge in [-0.25, -0.2) is 14.4 Å². The van der Waals surface area contributed by atoms with E-state index >= 15 is 0 Å². The maximum absolute atomic E-state index is 13.5. The molecular weight excluding hydrogens is 499 g/mol. The van der Waals surface area contributed by atoms with E-state index in [-0.39, 0.29) is 46.3 Å². The molecule has 2 heterocycles. The van der Waals surface area contributed by atoms with E-state index in [0.717, 1.165) is 0 Å². The molecule has 3 N–H and O–H groups in total. The zero-order valence-electron chi connectivity index (χ0n) is 20.1. The van der Waals surface area contributed by atoms with Crippen molar-refractivity contribution in [2.45, 2.75) is 13.2 Å². The van der Waals surface area contributed by atoms with Crippen LogP contribution in [-0.2, 0) is 13.6 Å². The summed E-state index contributed by atoms with van der Waals surface area (Å²) in [4.78, 5) is 33.9. The summed E-state index contributed by atoms with van der Waals surface area (Å²) in [7, 11) is 1.55. The van der Waals surface area contributed by atoms with Gasteiger partial charge in [0.25, 0.3) is 5.91 Å². The third-order valence-electron chi connectivity index (χ3n) is 5.65. The molecule has 4 rings (SSSR count). The van der Waals surface area contributed by atoms with Crippen molar-refractivity contribution in [1.82, 2.24) is 19.9 Å². The number of nitrogens with two attached hydrogens (primary N) is 1. The molecule has 0 aliphatic heterocycles. The minimum absolute atomic E-state index is 0.116. The van der Waals surface area contributed by atoms with Crippen molar-refractivity contribution in [3.05, 3.63) is 100 Å². The summed E-state index contributed by atoms with van der Waals surface area (Å²) in [6.07, 6.45) is 2.97. The van der Waals surface area contributed by atoms with Crippen molar-refractivity contribution < 1.29 is 22.7 Å². The number of aromatic nitrogens is 3. The number of anilines is 1. The van der Waals surface area contributed by atoms with E-state index in [0.29, 0.717) is 16.7 Å². The van der Waals surface area contributed by atoms with E-state index in [2.05, 4.69) is 26.6 Å². The first-order chi connectivity index (χ1) is 18.2. The Hall–Kier alpha value is -4.93. The fraction of sp³-hybridized carbons (Fsp3) is 0.111. The monoisotopic (exact) mass is 521 g/mol. The first-order valence-corrected chi connectivity index (χ1v) is 11.3. The Kier molecular flexibility index (Phi) is 7.56. The van der Waals surface area contributed by atoms with E-state index in [1.54, 1.807) is 13.1 Å². The van der Waals surface area contributed by atoms with Crippen molar-refractivity contribution in [1.29, 1.82) is 0 Å². The fourth-order valence-corrected chi connectivity index (χ4v) is 3.78. The molecule has 4 aromatic rings. The predicted molar refractivity (Wildman–Crippen MR) is 137 cm³/mol. The van der Waals surface area contributed by atoms with Gasteiger partial charge in [0.1, 0.15) is 11.6 Å². The van der Waals surface area contributed by atoms with E-state index in [1.807, 2.05) is 0 Å². The van der Waals surface area contributed by atoms with Gasteiger partial charge < -0.3 is 20.4 Å². The molecule has 8 nitrogen and oxygen atoms in total. The lowest BCUT2D eigenvalue weighted by atomic mass is 10.0. The molecule has 0 bridgehead atoms. The SMILES string of the molecule is C=Cc1cccc(OC(F)F)c1CNC(=O)c1nc(-c2ccc(=O)n(C)c2)c(-c2ccc(F)cc2)nc1N. The summed E-state index contributed by atoms with van der Waals surface area (Å²) >= 11 is 0. The summed E-state index contributed by atoms with van der Waals surface area (Å²) in [5.41, 5.74) is 7.81. The highest BCUT2D eigenvalue weighted by Gasteiger charge is 2.21. The van der Waals surface area contributed by atoms with Gasteiger partial charge in [0, 0.05) is 42.5 Å². The standard InChI is InChI=1S/C27H22F3N5O3/c1-3-15-5-4-6-20(38-27(29)30)19(15)13-32-26(37)24-25(31)34-22(16-7-10-18(28)11-8-16)23(33-24)17-9-12-21(36)35(2)14-17/h3-12,14,27H,1,13H2,2H3,(H2,31,34)(H,32,37). The number of hydrogen-bond donors (Lipinski definition) is 2. The second-order valence-electron chi connectivity index (χ2n) is 8.12. The minimum atomic E-state index is -3.06. The van der Waals surface area contributed by atoms with Crippen LogP contribution in [0, 0.1) is 5.82 Å². The maximum Gasteiger partial charge on any atom is 0.387 e. The first kappa shape index (κ1) is 26.1. The van der Waals surface area contributed by atoms with Crippen molar-refractivity contribution >= 4 is 17.8 Å². The van der Waals surface area contributed by atoms with Crippen LogP contribution in [0.25, 0.3) is 28.6 Å². The van der Waals surface area contributed by atoms with Gasteiger partial charge in [-0.2, -0.15) is 8.78 Å². The van der Waals surface area contributed by atoms with Gasteiger partial charge in [0.15, 0.2) is 11.5 Å². The van der Waals surface area contributed by atoms with Gasteiger partial charge in [-0.1, -0.05) is 24.8 Å². The van der Waals surface area contributed by atoms with Crippen LogP contribution >= 0.6 is 0 Å². The third-order valence-corrected chi connectivity index (χ3v) is 5.65. The maximum atomic E-state index is 13.5. The number of ether oxygens (including phenoxy) is 1. The van der Waals surface area contributed by atoms with Crippen LogP contribution in [0.15, 0.2) is 72.2 Å². The highest BCUT2D eigenvalue weighted by molar-refractivity contribution is 5.98. The van der Waals surface area contributed by atoms with Crippen molar-refractivity contribution in [2.75, 3.05) is 5.73 Å². The minimum Gasteiger partial charge on any atom is -0.434 e. The largest absolute Gasteiger partial charge is 0.434 e. The Morgan fingerprint density at radius 2 is 1.79 bits per heavy atom. The molecule has 38 heavy (non-hydrogen) atoms. The Morgan fingerprint density at radius 3 is 2.45 bits per heavy atom. The molecule has 1 amide bonds. The van der Waals surface area contributed by atoms with Gasteiger partial charge >= 0.3 is 6.61 Å². The van der Waals surface area contributed by atoms with Crippen LogP contribution in [0.4, 0.5) is 19.0 Å². The number of nitrogens with zero attached hydrogens (tertiary/aromatic N) is 3. The molecule has 0 aliphatic carbocycles. The number of amides is 1. The second-order valence-corrected chi connectivity index (χ2v) is 8.12. The van der Waals surface area contributed by atoms with E-state index in [4.69, 9.17) is 5.73 Å². The molecule has 0 aliphatic rings. The number of carbonyl (C=O) groups excluding carboxylic acids is 1. The van der Waals surface area contributed by atoms with E-state index < -0.39 is 18.3 Å². The highest BCUT2D eigenvalue weighted by Crippen LogP contribution is 2.31. The van der Waals surface area contributed by atoms with Crippen LogP contribution in [0.5, 0.6) is 5.75 Å². The molecule has 0 saturated carbocycles. The van der Waals surface area contributed by atoms with Gasteiger partial charge in [-0.15, -0.1) is 0 Å². The number of hydrogen-bond acceptors (Lipinski definition) is 6. The third kappa shape index (κ3) is 5.56.